The summed E-state index contributed by atoms with van der Waals surface area (Å²) in [6, 6.07) is 5.87. The number of aromatic nitrogens is 1. The van der Waals surface area contributed by atoms with Gasteiger partial charge in [-0.2, -0.15) is 0 Å². The number of urea groups is 1. The lowest BCUT2D eigenvalue weighted by atomic mass is 10.2. The van der Waals surface area contributed by atoms with Crippen LogP contribution < -0.4 is 11.1 Å². The van der Waals surface area contributed by atoms with E-state index >= 15 is 0 Å². The van der Waals surface area contributed by atoms with Crippen LogP contribution in [-0.2, 0) is 6.54 Å². The Hall–Kier alpha value is -1.62. The van der Waals surface area contributed by atoms with Crippen molar-refractivity contribution in [1.29, 1.82) is 0 Å². The van der Waals surface area contributed by atoms with Crippen molar-refractivity contribution in [3.8, 4) is 0 Å². The van der Waals surface area contributed by atoms with Gasteiger partial charge in [-0.15, -0.1) is 0 Å². The van der Waals surface area contributed by atoms with Crippen molar-refractivity contribution < 1.29 is 4.79 Å². The number of rotatable bonds is 4. The second kappa shape index (κ2) is 4.94. The number of nitrogens with two attached hydrogens (primary N) is 1. The molecule has 0 radical (unpaired) electrons. The van der Waals surface area contributed by atoms with E-state index in [0.29, 0.717) is 19.6 Å². The molecule has 5 heteroatoms. The molecule has 1 atom stereocenters. The predicted octanol–water partition coefficient (Wildman–Crippen LogP) is 0.324. The fraction of sp³-hybridized carbons (Fsp3) is 0.455. The van der Waals surface area contributed by atoms with Crippen LogP contribution in [0, 0.1) is 0 Å². The molecule has 2 amide bonds. The standard InChI is InChI=1S/C11H16N4O/c12-5-4-10-8-15(11(16)14-10)7-9-3-1-2-6-13-9/h1-3,6,10H,4-5,7-8,12H2,(H,14,16). The first-order valence-electron chi connectivity index (χ1n) is 5.45. The second-order valence-electron chi connectivity index (χ2n) is 3.93. The molecular formula is C11H16N4O. The van der Waals surface area contributed by atoms with Gasteiger partial charge < -0.3 is 16.0 Å². The first-order chi connectivity index (χ1) is 7.79. The molecule has 1 unspecified atom stereocenters. The summed E-state index contributed by atoms with van der Waals surface area (Å²) in [5, 5.41) is 2.90. The molecule has 2 rings (SSSR count). The van der Waals surface area contributed by atoms with Gasteiger partial charge in [-0.3, -0.25) is 4.98 Å². The number of pyridine rings is 1. The molecule has 16 heavy (non-hydrogen) atoms. The van der Waals surface area contributed by atoms with E-state index in [-0.39, 0.29) is 12.1 Å². The Kier molecular flexibility index (Phi) is 3.36. The zero-order chi connectivity index (χ0) is 11.4. The summed E-state index contributed by atoms with van der Waals surface area (Å²) in [5.74, 6) is 0. The van der Waals surface area contributed by atoms with E-state index in [2.05, 4.69) is 10.3 Å². The Balaban J connectivity index is 1.94. The van der Waals surface area contributed by atoms with Gasteiger partial charge in [0, 0.05) is 18.8 Å². The van der Waals surface area contributed by atoms with E-state index in [1.807, 2.05) is 18.2 Å². The molecule has 0 aliphatic carbocycles. The van der Waals surface area contributed by atoms with Crippen molar-refractivity contribution in [3.05, 3.63) is 30.1 Å². The van der Waals surface area contributed by atoms with Gasteiger partial charge in [0.05, 0.1) is 12.2 Å². The van der Waals surface area contributed by atoms with E-state index < -0.39 is 0 Å². The van der Waals surface area contributed by atoms with Crippen LogP contribution in [0.15, 0.2) is 24.4 Å². The zero-order valence-corrected chi connectivity index (χ0v) is 9.10. The molecular weight excluding hydrogens is 204 g/mol. The maximum absolute atomic E-state index is 11.6. The monoisotopic (exact) mass is 220 g/mol. The fourth-order valence-corrected chi connectivity index (χ4v) is 1.85. The van der Waals surface area contributed by atoms with Gasteiger partial charge in [-0.25, -0.2) is 4.79 Å². The minimum atomic E-state index is -0.0240. The number of carbonyl (C=O) groups excluding carboxylic acids is 1. The Morgan fingerprint density at radius 3 is 3.12 bits per heavy atom. The summed E-state index contributed by atoms with van der Waals surface area (Å²) >= 11 is 0. The topological polar surface area (TPSA) is 71.2 Å². The molecule has 5 nitrogen and oxygen atoms in total. The van der Waals surface area contributed by atoms with Crippen LogP contribution in [0.3, 0.4) is 0 Å². The number of hydrogen-bond acceptors (Lipinski definition) is 3. The van der Waals surface area contributed by atoms with E-state index in [1.54, 1.807) is 11.1 Å². The van der Waals surface area contributed by atoms with Crippen LogP contribution in [-0.4, -0.2) is 35.0 Å². The molecule has 0 spiro atoms. The number of hydrogen-bond donors (Lipinski definition) is 2. The smallest absolute Gasteiger partial charge is 0.318 e. The average molecular weight is 220 g/mol. The van der Waals surface area contributed by atoms with Crippen LogP contribution >= 0.6 is 0 Å². The average Bonchev–Trinajstić information content (AvgIpc) is 2.61. The SMILES string of the molecule is NCCC1CN(Cc2ccccn2)C(=O)N1. The number of carbonyl (C=O) groups is 1. The third kappa shape index (κ3) is 2.49. The summed E-state index contributed by atoms with van der Waals surface area (Å²) in [5.41, 5.74) is 6.38. The minimum absolute atomic E-state index is 0.0240. The molecule has 86 valence electrons. The van der Waals surface area contributed by atoms with Crippen LogP contribution in [0.2, 0.25) is 0 Å². The Morgan fingerprint density at radius 1 is 1.56 bits per heavy atom. The van der Waals surface area contributed by atoms with Crippen molar-refractivity contribution in [3.63, 3.8) is 0 Å². The summed E-state index contributed by atoms with van der Waals surface area (Å²) in [6.07, 6.45) is 2.56. The highest BCUT2D eigenvalue weighted by molar-refractivity contribution is 5.76. The lowest BCUT2D eigenvalue weighted by Crippen LogP contribution is -2.29. The van der Waals surface area contributed by atoms with Gasteiger partial charge in [0.2, 0.25) is 0 Å². The summed E-state index contributed by atoms with van der Waals surface area (Å²) in [7, 11) is 0. The van der Waals surface area contributed by atoms with Crippen LogP contribution in [0.1, 0.15) is 12.1 Å². The van der Waals surface area contributed by atoms with E-state index in [0.717, 1.165) is 12.1 Å². The zero-order valence-electron chi connectivity index (χ0n) is 9.10. The van der Waals surface area contributed by atoms with E-state index in [1.165, 1.54) is 0 Å². The van der Waals surface area contributed by atoms with Crippen LogP contribution in [0.5, 0.6) is 0 Å². The summed E-state index contributed by atoms with van der Waals surface area (Å²) in [6.45, 7) is 1.88. The third-order valence-electron chi connectivity index (χ3n) is 2.65. The van der Waals surface area contributed by atoms with Crippen molar-refractivity contribution in [2.24, 2.45) is 5.73 Å². The highest BCUT2D eigenvalue weighted by Gasteiger charge is 2.27. The lowest BCUT2D eigenvalue weighted by molar-refractivity contribution is 0.215. The first-order valence-corrected chi connectivity index (χ1v) is 5.45. The second-order valence-corrected chi connectivity index (χ2v) is 3.93. The van der Waals surface area contributed by atoms with E-state index in [9.17, 15) is 4.79 Å². The Labute approximate surface area is 94.6 Å². The van der Waals surface area contributed by atoms with Gasteiger partial charge in [0.15, 0.2) is 0 Å². The van der Waals surface area contributed by atoms with Crippen molar-refractivity contribution >= 4 is 6.03 Å². The molecule has 0 saturated carbocycles. The fourth-order valence-electron chi connectivity index (χ4n) is 1.85. The predicted molar refractivity (Wildman–Crippen MR) is 60.6 cm³/mol. The molecule has 1 aromatic rings. The maximum atomic E-state index is 11.6. The molecule has 1 fully saturated rings. The largest absolute Gasteiger partial charge is 0.333 e. The number of nitrogens with zero attached hydrogens (tertiary/aromatic N) is 2. The van der Waals surface area contributed by atoms with Gasteiger partial charge in [-0.05, 0) is 25.1 Å². The summed E-state index contributed by atoms with van der Waals surface area (Å²) in [4.78, 5) is 17.6. The molecule has 1 aromatic heterocycles. The van der Waals surface area contributed by atoms with Crippen molar-refractivity contribution in [1.82, 2.24) is 15.2 Å². The molecule has 2 heterocycles. The minimum Gasteiger partial charge on any atom is -0.333 e. The van der Waals surface area contributed by atoms with Gasteiger partial charge in [0.1, 0.15) is 0 Å². The Morgan fingerprint density at radius 2 is 2.44 bits per heavy atom. The molecule has 1 aliphatic heterocycles. The molecule has 3 N–H and O–H groups in total. The van der Waals surface area contributed by atoms with Crippen molar-refractivity contribution in [2.45, 2.75) is 19.0 Å². The molecule has 1 aliphatic rings. The van der Waals surface area contributed by atoms with Gasteiger partial charge in [-0.1, -0.05) is 6.07 Å². The first kappa shape index (κ1) is 10.9. The molecule has 0 bridgehead atoms. The molecule has 0 aromatic carbocycles. The summed E-state index contributed by atoms with van der Waals surface area (Å²) < 4.78 is 0. The normalized spacial score (nSPS) is 19.9. The third-order valence-corrected chi connectivity index (χ3v) is 2.65. The van der Waals surface area contributed by atoms with Crippen LogP contribution in [0.25, 0.3) is 0 Å². The number of nitrogens with one attached hydrogen (secondary N) is 1. The van der Waals surface area contributed by atoms with Crippen molar-refractivity contribution in [2.75, 3.05) is 13.1 Å². The highest BCUT2D eigenvalue weighted by Crippen LogP contribution is 2.10. The van der Waals surface area contributed by atoms with Gasteiger partial charge in [0.25, 0.3) is 0 Å². The maximum Gasteiger partial charge on any atom is 0.318 e. The highest BCUT2D eigenvalue weighted by atomic mass is 16.2. The number of amides is 2. The Bertz CT molecular complexity index is 354. The van der Waals surface area contributed by atoms with Gasteiger partial charge >= 0.3 is 6.03 Å². The quantitative estimate of drug-likeness (QED) is 0.768. The molecule has 1 saturated heterocycles. The lowest BCUT2D eigenvalue weighted by Gasteiger charge is -2.13. The van der Waals surface area contributed by atoms with E-state index in [4.69, 9.17) is 5.73 Å². The van der Waals surface area contributed by atoms with Crippen LogP contribution in [0.4, 0.5) is 4.79 Å².